The average Bonchev–Trinajstić information content (AvgIpc) is 2.96. The summed E-state index contributed by atoms with van der Waals surface area (Å²) in [5.41, 5.74) is -0.0389. The van der Waals surface area contributed by atoms with Crippen LogP contribution >= 0.6 is 22.9 Å². The fourth-order valence-corrected chi connectivity index (χ4v) is 3.62. The highest BCUT2D eigenvalue weighted by atomic mass is 35.5. The van der Waals surface area contributed by atoms with Crippen molar-refractivity contribution in [3.05, 3.63) is 45.7 Å². The lowest BCUT2D eigenvalue weighted by Crippen LogP contribution is -2.26. The summed E-state index contributed by atoms with van der Waals surface area (Å²) in [5.74, 6) is -0.669. The van der Waals surface area contributed by atoms with E-state index in [-0.39, 0.29) is 10.6 Å². The third kappa shape index (κ3) is 3.45. The Balaban J connectivity index is 1.70. The molecule has 1 aliphatic heterocycles. The number of carbonyl (C=O) groups is 1. The van der Waals surface area contributed by atoms with Gasteiger partial charge in [-0.1, -0.05) is 11.6 Å². The number of nitrogens with one attached hydrogen (secondary N) is 2. The molecular formula is C15H15ClFN3OS. The fraction of sp³-hybridized carbons (Fsp3) is 0.333. The van der Waals surface area contributed by atoms with Crippen LogP contribution in [0, 0.1) is 5.82 Å². The molecule has 1 amide bonds. The second-order valence-electron chi connectivity index (χ2n) is 5.17. The zero-order valence-electron chi connectivity index (χ0n) is 11.7. The van der Waals surface area contributed by atoms with Crippen molar-refractivity contribution in [3.8, 4) is 0 Å². The van der Waals surface area contributed by atoms with Crippen molar-refractivity contribution in [3.63, 3.8) is 0 Å². The Bertz CT molecular complexity index is 685. The maximum atomic E-state index is 13.7. The molecule has 0 unspecified atom stereocenters. The molecule has 116 valence electrons. The standard InChI is InChI=1S/C15H15ClFN3OS/c16-10-1-2-11(12(17)7-10)14(21)20-15-19-8-13(22-15)9-3-5-18-6-4-9/h1-2,7-9,18H,3-6H2,(H,19,20,21). The highest BCUT2D eigenvalue weighted by Gasteiger charge is 2.19. The second kappa shape index (κ2) is 6.73. The monoisotopic (exact) mass is 339 g/mol. The maximum Gasteiger partial charge on any atom is 0.260 e. The van der Waals surface area contributed by atoms with Gasteiger partial charge in [0.15, 0.2) is 5.13 Å². The van der Waals surface area contributed by atoms with Crippen molar-refractivity contribution in [2.45, 2.75) is 18.8 Å². The number of amides is 1. The predicted molar refractivity (Wildman–Crippen MR) is 86.3 cm³/mol. The molecule has 2 N–H and O–H groups in total. The molecule has 1 aromatic heterocycles. The molecule has 4 nitrogen and oxygen atoms in total. The first-order chi connectivity index (χ1) is 10.6. The Morgan fingerprint density at radius 2 is 2.18 bits per heavy atom. The summed E-state index contributed by atoms with van der Waals surface area (Å²) in [5, 5.41) is 6.72. The quantitative estimate of drug-likeness (QED) is 0.897. The van der Waals surface area contributed by atoms with Crippen LogP contribution in [0.1, 0.15) is 34.0 Å². The fourth-order valence-electron chi connectivity index (χ4n) is 2.48. The summed E-state index contributed by atoms with van der Waals surface area (Å²) in [6, 6.07) is 3.98. The number of benzene rings is 1. The van der Waals surface area contributed by atoms with Crippen molar-refractivity contribution in [1.82, 2.24) is 10.3 Å². The Morgan fingerprint density at radius 1 is 1.41 bits per heavy atom. The molecule has 0 atom stereocenters. The van der Waals surface area contributed by atoms with Gasteiger partial charge >= 0.3 is 0 Å². The van der Waals surface area contributed by atoms with Crippen LogP contribution in [0.3, 0.4) is 0 Å². The Labute approximate surface area is 136 Å². The van der Waals surface area contributed by atoms with E-state index in [1.165, 1.54) is 23.5 Å². The normalized spacial score (nSPS) is 15.7. The number of aromatic nitrogens is 1. The molecule has 1 fully saturated rings. The van der Waals surface area contributed by atoms with Gasteiger partial charge in [0.2, 0.25) is 0 Å². The minimum Gasteiger partial charge on any atom is -0.317 e. The molecule has 1 saturated heterocycles. The number of nitrogens with zero attached hydrogens (tertiary/aromatic N) is 1. The smallest absolute Gasteiger partial charge is 0.260 e. The zero-order valence-corrected chi connectivity index (χ0v) is 13.3. The van der Waals surface area contributed by atoms with Crippen LogP contribution < -0.4 is 10.6 Å². The van der Waals surface area contributed by atoms with Crippen LogP contribution in [-0.2, 0) is 0 Å². The van der Waals surface area contributed by atoms with Crippen molar-refractivity contribution in [1.29, 1.82) is 0 Å². The molecule has 7 heteroatoms. The summed E-state index contributed by atoms with van der Waals surface area (Å²) in [4.78, 5) is 17.5. The predicted octanol–water partition coefficient (Wildman–Crippen LogP) is 3.65. The zero-order chi connectivity index (χ0) is 15.5. The lowest BCUT2D eigenvalue weighted by atomic mass is 9.97. The number of rotatable bonds is 3. The average molecular weight is 340 g/mol. The first kappa shape index (κ1) is 15.4. The Hall–Kier alpha value is -1.50. The third-order valence-electron chi connectivity index (χ3n) is 3.66. The topological polar surface area (TPSA) is 54.0 Å². The SMILES string of the molecule is O=C(Nc1ncc(C2CCNCC2)s1)c1ccc(Cl)cc1F. The molecule has 2 aromatic rings. The first-order valence-electron chi connectivity index (χ1n) is 7.06. The van der Waals surface area contributed by atoms with Crippen LogP contribution in [0.5, 0.6) is 0 Å². The van der Waals surface area contributed by atoms with Gasteiger partial charge in [0, 0.05) is 16.1 Å². The van der Waals surface area contributed by atoms with E-state index < -0.39 is 11.7 Å². The molecule has 0 aliphatic carbocycles. The van der Waals surface area contributed by atoms with Gasteiger partial charge in [0.25, 0.3) is 5.91 Å². The summed E-state index contributed by atoms with van der Waals surface area (Å²) < 4.78 is 13.7. The maximum absolute atomic E-state index is 13.7. The van der Waals surface area contributed by atoms with Gasteiger partial charge < -0.3 is 5.32 Å². The van der Waals surface area contributed by atoms with Gasteiger partial charge in [0.05, 0.1) is 5.56 Å². The number of carbonyl (C=O) groups excluding carboxylic acids is 1. The minimum absolute atomic E-state index is 0.0389. The molecule has 0 spiro atoms. The molecular weight excluding hydrogens is 325 g/mol. The summed E-state index contributed by atoms with van der Waals surface area (Å²) in [7, 11) is 0. The molecule has 1 aromatic carbocycles. The third-order valence-corrected chi connectivity index (χ3v) is 4.97. The molecule has 3 rings (SSSR count). The van der Waals surface area contributed by atoms with E-state index in [1.807, 2.05) is 0 Å². The van der Waals surface area contributed by atoms with E-state index in [4.69, 9.17) is 11.6 Å². The van der Waals surface area contributed by atoms with Crippen LogP contribution in [0.2, 0.25) is 5.02 Å². The van der Waals surface area contributed by atoms with Crippen molar-refractivity contribution in [2.75, 3.05) is 18.4 Å². The van der Waals surface area contributed by atoms with Crippen molar-refractivity contribution in [2.24, 2.45) is 0 Å². The molecule has 2 heterocycles. The second-order valence-corrected chi connectivity index (χ2v) is 6.67. The number of hydrogen-bond donors (Lipinski definition) is 2. The van der Waals surface area contributed by atoms with E-state index >= 15 is 0 Å². The van der Waals surface area contributed by atoms with Gasteiger partial charge in [0.1, 0.15) is 5.82 Å². The highest BCUT2D eigenvalue weighted by molar-refractivity contribution is 7.15. The molecule has 0 saturated carbocycles. The van der Waals surface area contributed by atoms with Gasteiger partial charge in [-0.05, 0) is 50.0 Å². The molecule has 0 bridgehead atoms. The lowest BCUT2D eigenvalue weighted by Gasteiger charge is -2.20. The van der Waals surface area contributed by atoms with E-state index in [1.54, 1.807) is 6.20 Å². The molecule has 0 radical (unpaired) electrons. The van der Waals surface area contributed by atoms with Crippen LogP contribution in [0.15, 0.2) is 24.4 Å². The summed E-state index contributed by atoms with van der Waals surface area (Å²) in [6.45, 7) is 2.00. The van der Waals surface area contributed by atoms with Gasteiger partial charge in [-0.25, -0.2) is 9.37 Å². The van der Waals surface area contributed by atoms with Crippen LogP contribution in [0.25, 0.3) is 0 Å². The first-order valence-corrected chi connectivity index (χ1v) is 8.26. The highest BCUT2D eigenvalue weighted by Crippen LogP contribution is 2.31. The molecule has 1 aliphatic rings. The lowest BCUT2D eigenvalue weighted by molar-refractivity contribution is 0.102. The number of hydrogen-bond acceptors (Lipinski definition) is 4. The molecule has 22 heavy (non-hydrogen) atoms. The van der Waals surface area contributed by atoms with Crippen molar-refractivity contribution >= 4 is 34.0 Å². The number of halogens is 2. The Kier molecular flexibility index (Phi) is 4.71. The largest absolute Gasteiger partial charge is 0.317 e. The van der Waals surface area contributed by atoms with E-state index in [9.17, 15) is 9.18 Å². The van der Waals surface area contributed by atoms with Gasteiger partial charge in [-0.2, -0.15) is 0 Å². The van der Waals surface area contributed by atoms with E-state index in [2.05, 4.69) is 15.6 Å². The van der Waals surface area contributed by atoms with E-state index in [0.29, 0.717) is 11.0 Å². The summed E-state index contributed by atoms with van der Waals surface area (Å²) in [6.07, 6.45) is 3.94. The van der Waals surface area contributed by atoms with E-state index in [0.717, 1.165) is 36.9 Å². The van der Waals surface area contributed by atoms with Crippen LogP contribution in [-0.4, -0.2) is 24.0 Å². The Morgan fingerprint density at radius 3 is 2.91 bits per heavy atom. The van der Waals surface area contributed by atoms with Gasteiger partial charge in [-0.15, -0.1) is 11.3 Å². The van der Waals surface area contributed by atoms with Gasteiger partial charge in [-0.3, -0.25) is 10.1 Å². The summed E-state index contributed by atoms with van der Waals surface area (Å²) >= 11 is 7.14. The van der Waals surface area contributed by atoms with Crippen molar-refractivity contribution < 1.29 is 9.18 Å². The number of anilines is 1. The number of piperidine rings is 1. The minimum atomic E-state index is -0.639. The van der Waals surface area contributed by atoms with Crippen LogP contribution in [0.4, 0.5) is 9.52 Å². The number of thiazole rings is 1.